The number of hydrogen-bond donors (Lipinski definition) is 0. The van der Waals surface area contributed by atoms with Gasteiger partial charge in [-0.05, 0) is 28.7 Å². The van der Waals surface area contributed by atoms with Crippen molar-refractivity contribution in [3.63, 3.8) is 0 Å². The Morgan fingerprint density at radius 1 is 1.00 bits per heavy atom. The van der Waals surface area contributed by atoms with Crippen molar-refractivity contribution in [2.75, 3.05) is 0 Å². The Labute approximate surface area is 121 Å². The molecule has 0 unspecified atom stereocenters. The molecule has 0 saturated heterocycles. The fourth-order valence-electron chi connectivity index (χ4n) is 2.16. The maximum Gasteiger partial charge on any atom is 0.417 e. The van der Waals surface area contributed by atoms with E-state index in [0.717, 1.165) is 11.6 Å². The molecule has 0 N–H and O–H groups in total. The highest BCUT2D eigenvalue weighted by Crippen LogP contribution is 2.35. The lowest BCUT2D eigenvalue weighted by molar-refractivity contribution is -0.137. The topological polar surface area (TPSA) is 17.1 Å². The van der Waals surface area contributed by atoms with E-state index in [4.69, 9.17) is 0 Å². The molecule has 2 aromatic rings. The maximum absolute atomic E-state index is 13.0. The van der Waals surface area contributed by atoms with E-state index in [9.17, 15) is 18.0 Å². The number of hydrogen-bond acceptors (Lipinski definition) is 1. The van der Waals surface area contributed by atoms with Crippen LogP contribution in [0.3, 0.4) is 0 Å². The van der Waals surface area contributed by atoms with Crippen LogP contribution in [0, 0.1) is 0 Å². The van der Waals surface area contributed by atoms with Crippen molar-refractivity contribution < 1.29 is 18.0 Å². The van der Waals surface area contributed by atoms with Crippen LogP contribution >= 0.6 is 0 Å². The molecule has 0 aliphatic heterocycles. The van der Waals surface area contributed by atoms with Crippen molar-refractivity contribution in [3.8, 4) is 11.1 Å². The summed E-state index contributed by atoms with van der Waals surface area (Å²) in [5.41, 5.74) is 0.983. The first-order valence-corrected chi connectivity index (χ1v) is 6.59. The molecule has 0 amide bonds. The van der Waals surface area contributed by atoms with E-state index in [0.29, 0.717) is 17.0 Å². The lowest BCUT2D eigenvalue weighted by atomic mass is 9.95. The number of carbonyl (C=O) groups excluding carboxylic acids is 1. The van der Waals surface area contributed by atoms with Crippen LogP contribution in [0.15, 0.2) is 42.5 Å². The van der Waals surface area contributed by atoms with Gasteiger partial charge in [0.05, 0.1) is 5.56 Å². The highest BCUT2D eigenvalue weighted by atomic mass is 19.4. The molecule has 2 aromatic carbocycles. The molecule has 0 spiro atoms. The average Bonchev–Trinajstić information content (AvgIpc) is 2.45. The quantitative estimate of drug-likeness (QED) is 0.701. The molecule has 0 fully saturated rings. The van der Waals surface area contributed by atoms with E-state index >= 15 is 0 Å². The number of rotatable bonds is 3. The molecule has 0 aliphatic carbocycles. The van der Waals surface area contributed by atoms with Gasteiger partial charge in [-0.2, -0.15) is 13.2 Å². The van der Waals surface area contributed by atoms with Gasteiger partial charge in [0.15, 0.2) is 6.29 Å². The van der Waals surface area contributed by atoms with Gasteiger partial charge in [-0.1, -0.05) is 50.2 Å². The van der Waals surface area contributed by atoms with E-state index < -0.39 is 11.7 Å². The lowest BCUT2D eigenvalue weighted by Crippen LogP contribution is -2.09. The number of alkyl halides is 3. The second kappa shape index (κ2) is 5.72. The molecule has 0 aliphatic rings. The predicted molar refractivity (Wildman–Crippen MR) is 76.4 cm³/mol. The van der Waals surface area contributed by atoms with E-state index in [2.05, 4.69) is 0 Å². The van der Waals surface area contributed by atoms with Crippen LogP contribution in [0.4, 0.5) is 13.2 Å². The van der Waals surface area contributed by atoms with Gasteiger partial charge in [0.1, 0.15) is 0 Å². The molecule has 0 saturated carbocycles. The number of carbonyl (C=O) groups is 1. The van der Waals surface area contributed by atoms with Crippen molar-refractivity contribution in [1.29, 1.82) is 0 Å². The zero-order valence-electron chi connectivity index (χ0n) is 11.7. The van der Waals surface area contributed by atoms with Crippen LogP contribution in [0.2, 0.25) is 0 Å². The summed E-state index contributed by atoms with van der Waals surface area (Å²) in [6.07, 6.45) is -4.31. The third kappa shape index (κ3) is 3.32. The standard InChI is InChI=1S/C17H15F3O/c1-11(2)12-4-3-5-13(8-12)14-6-7-15(10-21)16(9-14)17(18,19)20/h3-11H,1-2H3. The van der Waals surface area contributed by atoms with Gasteiger partial charge in [-0.15, -0.1) is 0 Å². The van der Waals surface area contributed by atoms with Crippen LogP contribution in [-0.2, 0) is 6.18 Å². The molecule has 1 nitrogen and oxygen atoms in total. The van der Waals surface area contributed by atoms with Crippen molar-refractivity contribution in [3.05, 3.63) is 59.2 Å². The van der Waals surface area contributed by atoms with Gasteiger partial charge >= 0.3 is 6.18 Å². The first-order chi connectivity index (χ1) is 9.82. The van der Waals surface area contributed by atoms with Gasteiger partial charge in [0.2, 0.25) is 0 Å². The second-order valence-corrected chi connectivity index (χ2v) is 5.20. The van der Waals surface area contributed by atoms with Crippen molar-refractivity contribution >= 4 is 6.29 Å². The second-order valence-electron chi connectivity index (χ2n) is 5.20. The molecule has 21 heavy (non-hydrogen) atoms. The fraction of sp³-hybridized carbons (Fsp3) is 0.235. The van der Waals surface area contributed by atoms with Crippen molar-refractivity contribution in [1.82, 2.24) is 0 Å². The van der Waals surface area contributed by atoms with E-state index in [1.165, 1.54) is 6.07 Å². The Kier molecular flexibility index (Phi) is 4.16. The SMILES string of the molecule is CC(C)c1cccc(-c2ccc(C=O)c(C(F)(F)F)c2)c1. The molecule has 0 heterocycles. The zero-order chi connectivity index (χ0) is 15.6. The highest BCUT2D eigenvalue weighted by Gasteiger charge is 2.33. The number of aldehydes is 1. The molecule has 0 aromatic heterocycles. The van der Waals surface area contributed by atoms with E-state index in [-0.39, 0.29) is 11.8 Å². The summed E-state index contributed by atoms with van der Waals surface area (Å²) in [6.45, 7) is 4.05. The molecule has 0 atom stereocenters. The van der Waals surface area contributed by atoms with Crippen molar-refractivity contribution in [2.24, 2.45) is 0 Å². The minimum atomic E-state index is -4.54. The molecule has 110 valence electrons. The van der Waals surface area contributed by atoms with Crippen LogP contribution in [0.1, 0.15) is 41.3 Å². The normalized spacial score (nSPS) is 11.7. The van der Waals surface area contributed by atoms with Gasteiger partial charge < -0.3 is 0 Å². The monoisotopic (exact) mass is 292 g/mol. The van der Waals surface area contributed by atoms with Gasteiger partial charge in [0.25, 0.3) is 0 Å². The summed E-state index contributed by atoms with van der Waals surface area (Å²) in [6, 6.07) is 11.2. The Morgan fingerprint density at radius 2 is 1.67 bits per heavy atom. The van der Waals surface area contributed by atoms with Crippen LogP contribution in [0.5, 0.6) is 0 Å². The van der Waals surface area contributed by atoms with E-state index in [1.807, 2.05) is 32.0 Å². The Morgan fingerprint density at radius 3 is 2.24 bits per heavy atom. The van der Waals surface area contributed by atoms with Crippen LogP contribution in [-0.4, -0.2) is 6.29 Å². The summed E-state index contributed by atoms with van der Waals surface area (Å²) in [5.74, 6) is 0.293. The van der Waals surface area contributed by atoms with Crippen LogP contribution < -0.4 is 0 Å². The largest absolute Gasteiger partial charge is 0.417 e. The Balaban J connectivity index is 2.55. The summed E-state index contributed by atoms with van der Waals surface area (Å²) < 4.78 is 38.9. The first-order valence-electron chi connectivity index (χ1n) is 6.59. The molecule has 4 heteroatoms. The fourth-order valence-corrected chi connectivity index (χ4v) is 2.16. The molecular formula is C17H15F3O. The third-order valence-electron chi connectivity index (χ3n) is 3.37. The van der Waals surface area contributed by atoms with Gasteiger partial charge in [-0.25, -0.2) is 0 Å². The molecule has 0 radical (unpaired) electrons. The maximum atomic E-state index is 13.0. The summed E-state index contributed by atoms with van der Waals surface area (Å²) in [4.78, 5) is 10.8. The third-order valence-corrected chi connectivity index (χ3v) is 3.37. The van der Waals surface area contributed by atoms with Crippen molar-refractivity contribution in [2.45, 2.75) is 25.9 Å². The molecular weight excluding hydrogens is 277 g/mol. The van der Waals surface area contributed by atoms with Gasteiger partial charge in [-0.3, -0.25) is 4.79 Å². The van der Waals surface area contributed by atoms with Crippen LogP contribution in [0.25, 0.3) is 11.1 Å². The lowest BCUT2D eigenvalue weighted by Gasteiger charge is -2.13. The predicted octanol–water partition coefficient (Wildman–Crippen LogP) is 5.31. The average molecular weight is 292 g/mol. The number of halogens is 3. The minimum Gasteiger partial charge on any atom is -0.298 e. The summed E-state index contributed by atoms with van der Waals surface area (Å²) >= 11 is 0. The first kappa shape index (κ1) is 15.3. The summed E-state index contributed by atoms with van der Waals surface area (Å²) in [7, 11) is 0. The van der Waals surface area contributed by atoms with E-state index in [1.54, 1.807) is 12.1 Å². The Bertz CT molecular complexity index is 657. The minimum absolute atomic E-state index is 0.233. The molecule has 2 rings (SSSR count). The zero-order valence-corrected chi connectivity index (χ0v) is 11.7. The number of benzene rings is 2. The smallest absolute Gasteiger partial charge is 0.298 e. The molecule has 0 bridgehead atoms. The summed E-state index contributed by atoms with van der Waals surface area (Å²) in [5, 5.41) is 0. The Hall–Kier alpha value is -2.10. The highest BCUT2D eigenvalue weighted by molar-refractivity contribution is 5.80. The van der Waals surface area contributed by atoms with Gasteiger partial charge in [0, 0.05) is 5.56 Å².